The summed E-state index contributed by atoms with van der Waals surface area (Å²) in [5.74, 6) is 0.753. The fraction of sp³-hybridized carbons (Fsp3) is 0.889. The number of aldehydes is 1. The Morgan fingerprint density at radius 1 is 1.55 bits per heavy atom. The number of piperidine rings is 1. The Morgan fingerprint density at radius 3 is 2.91 bits per heavy atom. The molecule has 0 radical (unpaired) electrons. The monoisotopic (exact) mass is 155 g/mol. The van der Waals surface area contributed by atoms with Crippen LogP contribution in [0.4, 0.5) is 0 Å². The Labute approximate surface area is 68.6 Å². The van der Waals surface area contributed by atoms with E-state index in [2.05, 4.69) is 18.7 Å². The van der Waals surface area contributed by atoms with Gasteiger partial charge >= 0.3 is 0 Å². The van der Waals surface area contributed by atoms with E-state index in [4.69, 9.17) is 0 Å². The van der Waals surface area contributed by atoms with Crippen molar-refractivity contribution in [3.8, 4) is 0 Å². The van der Waals surface area contributed by atoms with Gasteiger partial charge in [0.1, 0.15) is 6.29 Å². The van der Waals surface area contributed by atoms with Crippen molar-refractivity contribution in [1.29, 1.82) is 0 Å². The molecule has 0 bridgehead atoms. The Balaban J connectivity index is 2.43. The molecule has 0 aromatic heterocycles. The number of nitrogens with zero attached hydrogens (tertiary/aromatic N) is 1. The van der Waals surface area contributed by atoms with Crippen molar-refractivity contribution in [3.63, 3.8) is 0 Å². The van der Waals surface area contributed by atoms with Crippen molar-refractivity contribution < 1.29 is 4.79 Å². The van der Waals surface area contributed by atoms with Crippen molar-refractivity contribution in [2.24, 2.45) is 5.92 Å². The number of hydrogen-bond acceptors (Lipinski definition) is 2. The molecular weight excluding hydrogens is 138 g/mol. The molecule has 1 rings (SSSR count). The summed E-state index contributed by atoms with van der Waals surface area (Å²) in [4.78, 5) is 12.5. The van der Waals surface area contributed by atoms with Crippen LogP contribution in [0.15, 0.2) is 0 Å². The lowest BCUT2D eigenvalue weighted by Gasteiger charge is -2.36. The Hall–Kier alpha value is -0.370. The molecule has 1 aliphatic rings. The van der Waals surface area contributed by atoms with Gasteiger partial charge in [0.25, 0.3) is 0 Å². The summed E-state index contributed by atoms with van der Waals surface area (Å²) < 4.78 is 0. The van der Waals surface area contributed by atoms with E-state index in [0.717, 1.165) is 18.7 Å². The first-order valence-electron chi connectivity index (χ1n) is 4.43. The highest BCUT2D eigenvalue weighted by Crippen LogP contribution is 2.21. The highest BCUT2D eigenvalue weighted by atomic mass is 16.1. The van der Waals surface area contributed by atoms with Crippen molar-refractivity contribution >= 4 is 6.29 Å². The molecule has 0 aromatic rings. The van der Waals surface area contributed by atoms with Gasteiger partial charge in [0, 0.05) is 6.04 Å². The third-order valence-electron chi connectivity index (χ3n) is 2.81. The molecule has 64 valence electrons. The van der Waals surface area contributed by atoms with E-state index < -0.39 is 0 Å². The molecule has 1 heterocycles. The summed E-state index contributed by atoms with van der Waals surface area (Å²) in [7, 11) is 0. The normalized spacial score (nSPS) is 33.6. The molecule has 1 aliphatic heterocycles. The number of hydrogen-bond donors (Lipinski definition) is 0. The van der Waals surface area contributed by atoms with Gasteiger partial charge in [0.05, 0.1) is 6.54 Å². The molecule has 2 heteroatoms. The molecule has 0 spiro atoms. The maximum atomic E-state index is 10.3. The minimum Gasteiger partial charge on any atom is -0.302 e. The van der Waals surface area contributed by atoms with E-state index in [1.807, 2.05) is 0 Å². The van der Waals surface area contributed by atoms with Crippen LogP contribution < -0.4 is 0 Å². The standard InChI is InChI=1S/C9H17NO/c1-8-4-3-5-10(6-7-11)9(8)2/h7-9H,3-6H2,1-2H3. The van der Waals surface area contributed by atoms with Gasteiger partial charge in [0.15, 0.2) is 0 Å². The zero-order chi connectivity index (χ0) is 8.27. The highest BCUT2D eigenvalue weighted by Gasteiger charge is 2.23. The van der Waals surface area contributed by atoms with Crippen LogP contribution >= 0.6 is 0 Å². The van der Waals surface area contributed by atoms with Crippen LogP contribution in [0, 0.1) is 5.92 Å². The second kappa shape index (κ2) is 3.86. The maximum Gasteiger partial charge on any atom is 0.133 e. The number of carbonyl (C=O) groups excluding carboxylic acids is 1. The van der Waals surface area contributed by atoms with E-state index >= 15 is 0 Å². The van der Waals surface area contributed by atoms with Gasteiger partial charge in [-0.25, -0.2) is 0 Å². The zero-order valence-corrected chi connectivity index (χ0v) is 7.42. The molecule has 0 amide bonds. The number of carbonyl (C=O) groups is 1. The largest absolute Gasteiger partial charge is 0.302 e. The Kier molecular flexibility index (Phi) is 3.06. The van der Waals surface area contributed by atoms with Gasteiger partial charge in [-0.15, -0.1) is 0 Å². The summed E-state index contributed by atoms with van der Waals surface area (Å²) in [6.45, 7) is 6.20. The number of rotatable bonds is 2. The first kappa shape index (κ1) is 8.72. The fourth-order valence-corrected chi connectivity index (χ4v) is 1.77. The topological polar surface area (TPSA) is 20.3 Å². The smallest absolute Gasteiger partial charge is 0.133 e. The minimum atomic E-state index is 0.592. The van der Waals surface area contributed by atoms with Gasteiger partial charge in [-0.2, -0.15) is 0 Å². The summed E-state index contributed by atoms with van der Waals surface area (Å²) in [6, 6.07) is 0.592. The lowest BCUT2D eigenvalue weighted by molar-refractivity contribution is -0.109. The van der Waals surface area contributed by atoms with Crippen molar-refractivity contribution in [3.05, 3.63) is 0 Å². The highest BCUT2D eigenvalue weighted by molar-refractivity contribution is 5.52. The molecule has 1 saturated heterocycles. The van der Waals surface area contributed by atoms with Gasteiger partial charge < -0.3 is 4.79 Å². The van der Waals surface area contributed by atoms with E-state index in [9.17, 15) is 4.79 Å². The first-order chi connectivity index (χ1) is 5.25. The molecule has 11 heavy (non-hydrogen) atoms. The van der Waals surface area contributed by atoms with Crippen LogP contribution in [0.1, 0.15) is 26.7 Å². The Bertz CT molecular complexity index is 136. The van der Waals surface area contributed by atoms with Crippen molar-refractivity contribution in [2.75, 3.05) is 13.1 Å². The fourth-order valence-electron chi connectivity index (χ4n) is 1.77. The molecule has 0 N–H and O–H groups in total. The minimum absolute atomic E-state index is 0.592. The molecule has 2 nitrogen and oxygen atoms in total. The van der Waals surface area contributed by atoms with Gasteiger partial charge in [0.2, 0.25) is 0 Å². The summed E-state index contributed by atoms with van der Waals surface area (Å²) in [6.07, 6.45) is 3.57. The molecule has 0 aromatic carbocycles. The van der Waals surface area contributed by atoms with Gasteiger partial charge in [-0.05, 0) is 32.2 Å². The van der Waals surface area contributed by atoms with Crippen molar-refractivity contribution in [2.45, 2.75) is 32.7 Å². The lowest BCUT2D eigenvalue weighted by atomic mass is 9.92. The second-order valence-electron chi connectivity index (χ2n) is 3.52. The van der Waals surface area contributed by atoms with Crippen LogP contribution in [0.3, 0.4) is 0 Å². The summed E-state index contributed by atoms with van der Waals surface area (Å²) in [5.41, 5.74) is 0. The van der Waals surface area contributed by atoms with Crippen LogP contribution in [-0.4, -0.2) is 30.3 Å². The summed E-state index contributed by atoms with van der Waals surface area (Å²) >= 11 is 0. The average molecular weight is 155 g/mol. The Morgan fingerprint density at radius 2 is 2.27 bits per heavy atom. The van der Waals surface area contributed by atoms with Crippen LogP contribution in [0.5, 0.6) is 0 Å². The molecular formula is C9H17NO. The number of likely N-dealkylation sites (tertiary alicyclic amines) is 1. The molecule has 0 saturated carbocycles. The van der Waals surface area contributed by atoms with Crippen molar-refractivity contribution in [1.82, 2.24) is 4.90 Å². The summed E-state index contributed by atoms with van der Waals surface area (Å²) in [5, 5.41) is 0. The SMILES string of the molecule is CC1CCCN(CC=O)C1C. The van der Waals surface area contributed by atoms with E-state index in [0.29, 0.717) is 12.6 Å². The van der Waals surface area contributed by atoms with Gasteiger partial charge in [-0.1, -0.05) is 6.92 Å². The van der Waals surface area contributed by atoms with Crippen LogP contribution in [0.25, 0.3) is 0 Å². The quantitative estimate of drug-likeness (QED) is 0.560. The average Bonchev–Trinajstić information content (AvgIpc) is 1.99. The third-order valence-corrected chi connectivity index (χ3v) is 2.81. The predicted octanol–water partition coefficient (Wildman–Crippen LogP) is 1.31. The van der Waals surface area contributed by atoms with E-state index in [1.165, 1.54) is 12.8 Å². The third kappa shape index (κ3) is 2.03. The lowest BCUT2D eigenvalue weighted by Crippen LogP contribution is -2.43. The maximum absolute atomic E-state index is 10.3. The van der Waals surface area contributed by atoms with Crippen LogP contribution in [0.2, 0.25) is 0 Å². The van der Waals surface area contributed by atoms with E-state index in [1.54, 1.807) is 0 Å². The zero-order valence-electron chi connectivity index (χ0n) is 7.42. The molecule has 0 aliphatic carbocycles. The van der Waals surface area contributed by atoms with Crippen LogP contribution in [-0.2, 0) is 4.79 Å². The van der Waals surface area contributed by atoms with E-state index in [-0.39, 0.29) is 0 Å². The second-order valence-corrected chi connectivity index (χ2v) is 3.52. The first-order valence-corrected chi connectivity index (χ1v) is 4.43. The molecule has 1 fully saturated rings. The predicted molar refractivity (Wildman–Crippen MR) is 45.5 cm³/mol. The molecule has 2 atom stereocenters. The van der Waals surface area contributed by atoms with Gasteiger partial charge in [-0.3, -0.25) is 4.90 Å². The molecule has 2 unspecified atom stereocenters.